The summed E-state index contributed by atoms with van der Waals surface area (Å²) in [6.07, 6.45) is 0.715. The Morgan fingerprint density at radius 3 is 2.83 bits per heavy atom. The maximum absolute atomic E-state index is 13.7. The third-order valence-electron chi connectivity index (χ3n) is 3.02. The van der Waals surface area contributed by atoms with Crippen molar-refractivity contribution in [2.45, 2.75) is 13.3 Å². The fourth-order valence-electron chi connectivity index (χ4n) is 1.96. The van der Waals surface area contributed by atoms with Crippen LogP contribution in [0.15, 0.2) is 30.3 Å². The zero-order valence-corrected chi connectivity index (χ0v) is 13.1. The van der Waals surface area contributed by atoms with E-state index in [2.05, 4.69) is 20.6 Å². The van der Waals surface area contributed by atoms with Crippen molar-refractivity contribution in [3.8, 4) is 0 Å². The van der Waals surface area contributed by atoms with Crippen molar-refractivity contribution < 1.29 is 13.9 Å². The van der Waals surface area contributed by atoms with Crippen LogP contribution in [0.2, 0.25) is 0 Å². The monoisotopic (exact) mass is 318 g/mol. The van der Waals surface area contributed by atoms with Gasteiger partial charge in [0.15, 0.2) is 0 Å². The molecule has 1 aromatic carbocycles. The van der Waals surface area contributed by atoms with Crippen molar-refractivity contribution in [3.63, 3.8) is 0 Å². The van der Waals surface area contributed by atoms with Crippen molar-refractivity contribution in [2.75, 3.05) is 25.6 Å². The van der Waals surface area contributed by atoms with E-state index < -0.39 is 5.82 Å². The average Bonchev–Trinajstić information content (AvgIpc) is 2.53. The molecule has 1 aromatic heterocycles. The highest BCUT2D eigenvalue weighted by Crippen LogP contribution is 2.18. The molecular weight excluding hydrogens is 299 g/mol. The van der Waals surface area contributed by atoms with Gasteiger partial charge in [-0.1, -0.05) is 12.1 Å². The van der Waals surface area contributed by atoms with Crippen LogP contribution >= 0.6 is 0 Å². The summed E-state index contributed by atoms with van der Waals surface area (Å²) in [6, 6.07) is 7.75. The van der Waals surface area contributed by atoms with E-state index in [0.29, 0.717) is 31.2 Å². The first kappa shape index (κ1) is 16.8. The number of nitrogens with zero attached hydrogens (tertiary/aromatic N) is 2. The van der Waals surface area contributed by atoms with E-state index in [0.717, 1.165) is 0 Å². The fraction of sp³-hybridized carbons (Fsp3) is 0.312. The van der Waals surface area contributed by atoms with Crippen LogP contribution in [-0.4, -0.2) is 36.1 Å². The number of hydrogen-bond acceptors (Lipinski definition) is 5. The second-order valence-electron chi connectivity index (χ2n) is 4.89. The van der Waals surface area contributed by atoms with Crippen LogP contribution < -0.4 is 10.6 Å². The first-order valence-corrected chi connectivity index (χ1v) is 7.24. The predicted molar refractivity (Wildman–Crippen MR) is 85.3 cm³/mol. The average molecular weight is 318 g/mol. The fourth-order valence-corrected chi connectivity index (χ4v) is 1.96. The zero-order chi connectivity index (χ0) is 16.7. The maximum atomic E-state index is 13.7. The van der Waals surface area contributed by atoms with Gasteiger partial charge >= 0.3 is 0 Å². The third-order valence-corrected chi connectivity index (χ3v) is 3.02. The van der Waals surface area contributed by atoms with Gasteiger partial charge in [-0.2, -0.15) is 0 Å². The molecule has 2 aromatic rings. The van der Waals surface area contributed by atoms with E-state index in [4.69, 9.17) is 4.74 Å². The first-order valence-electron chi connectivity index (χ1n) is 7.24. The lowest BCUT2D eigenvalue weighted by Gasteiger charge is -2.09. The molecule has 0 spiro atoms. The van der Waals surface area contributed by atoms with Gasteiger partial charge in [-0.25, -0.2) is 14.4 Å². The van der Waals surface area contributed by atoms with E-state index in [1.165, 1.54) is 12.1 Å². The molecular formula is C16H19FN4O2. The van der Waals surface area contributed by atoms with E-state index >= 15 is 0 Å². The number of benzene rings is 1. The molecule has 0 radical (unpaired) electrons. The van der Waals surface area contributed by atoms with Gasteiger partial charge in [-0.15, -0.1) is 0 Å². The molecule has 0 bridgehead atoms. The third kappa shape index (κ3) is 5.00. The van der Waals surface area contributed by atoms with Crippen LogP contribution in [0.25, 0.3) is 0 Å². The number of methoxy groups -OCH3 is 1. The summed E-state index contributed by atoms with van der Waals surface area (Å²) in [5, 5.41) is 5.61. The van der Waals surface area contributed by atoms with E-state index in [-0.39, 0.29) is 17.3 Å². The molecule has 23 heavy (non-hydrogen) atoms. The van der Waals surface area contributed by atoms with Crippen LogP contribution in [0.5, 0.6) is 0 Å². The standard InChI is InChI=1S/C16H19FN4O2/c1-11-19-14(16(22)18-8-5-9-23-2)10-15(20-11)21-13-7-4-3-6-12(13)17/h3-4,6-7,10H,5,8-9H2,1-2H3,(H,18,22)(H,19,20,21). The number of amides is 1. The van der Waals surface area contributed by atoms with Crippen molar-refractivity contribution in [3.05, 3.63) is 47.7 Å². The SMILES string of the molecule is COCCCNC(=O)c1cc(Nc2ccccc2F)nc(C)n1. The van der Waals surface area contributed by atoms with Crippen LogP contribution in [0.4, 0.5) is 15.9 Å². The number of ether oxygens (including phenoxy) is 1. The lowest BCUT2D eigenvalue weighted by molar-refractivity contribution is 0.0943. The number of hydrogen-bond donors (Lipinski definition) is 2. The van der Waals surface area contributed by atoms with Gasteiger partial charge in [-0.3, -0.25) is 4.79 Å². The van der Waals surface area contributed by atoms with Crippen LogP contribution in [0, 0.1) is 12.7 Å². The normalized spacial score (nSPS) is 10.4. The lowest BCUT2D eigenvalue weighted by Crippen LogP contribution is -2.26. The van der Waals surface area contributed by atoms with Crippen LogP contribution in [0.3, 0.4) is 0 Å². The van der Waals surface area contributed by atoms with Crippen molar-refractivity contribution >= 4 is 17.4 Å². The van der Waals surface area contributed by atoms with Gasteiger partial charge < -0.3 is 15.4 Å². The number of anilines is 2. The van der Waals surface area contributed by atoms with Gasteiger partial charge in [0.05, 0.1) is 5.69 Å². The molecule has 1 heterocycles. The quantitative estimate of drug-likeness (QED) is 0.767. The Morgan fingerprint density at radius 1 is 1.30 bits per heavy atom. The first-order chi connectivity index (χ1) is 11.1. The van der Waals surface area contributed by atoms with Crippen molar-refractivity contribution in [1.29, 1.82) is 0 Å². The summed E-state index contributed by atoms with van der Waals surface area (Å²) in [7, 11) is 1.61. The molecule has 0 fully saturated rings. The topological polar surface area (TPSA) is 76.1 Å². The highest BCUT2D eigenvalue weighted by molar-refractivity contribution is 5.93. The number of carbonyl (C=O) groups excluding carboxylic acids is 1. The van der Waals surface area contributed by atoms with Crippen LogP contribution in [-0.2, 0) is 4.74 Å². The molecule has 0 unspecified atom stereocenters. The molecule has 6 nitrogen and oxygen atoms in total. The smallest absolute Gasteiger partial charge is 0.270 e. The summed E-state index contributed by atoms with van der Waals surface area (Å²) in [5.41, 5.74) is 0.519. The molecule has 2 N–H and O–H groups in total. The molecule has 0 saturated heterocycles. The zero-order valence-electron chi connectivity index (χ0n) is 13.1. The molecule has 122 valence electrons. The molecule has 0 aliphatic rings. The second-order valence-corrected chi connectivity index (χ2v) is 4.89. The molecule has 0 aliphatic heterocycles. The number of halogens is 1. The number of rotatable bonds is 7. The number of aryl methyl sites for hydroxylation is 1. The highest BCUT2D eigenvalue weighted by Gasteiger charge is 2.11. The Morgan fingerprint density at radius 2 is 2.09 bits per heavy atom. The lowest BCUT2D eigenvalue weighted by atomic mass is 10.3. The van der Waals surface area contributed by atoms with E-state index in [1.54, 1.807) is 32.2 Å². The Labute approximate surface area is 134 Å². The molecule has 7 heteroatoms. The Hall–Kier alpha value is -2.54. The Bertz CT molecular complexity index is 679. The maximum Gasteiger partial charge on any atom is 0.270 e. The molecule has 2 rings (SSSR count). The summed E-state index contributed by atoms with van der Waals surface area (Å²) in [5.74, 6) is 0.0931. The van der Waals surface area contributed by atoms with E-state index in [1.807, 2.05) is 0 Å². The van der Waals surface area contributed by atoms with Gasteiger partial charge in [0.2, 0.25) is 0 Å². The number of carbonyl (C=O) groups is 1. The van der Waals surface area contributed by atoms with Crippen LogP contribution in [0.1, 0.15) is 22.7 Å². The largest absolute Gasteiger partial charge is 0.385 e. The van der Waals surface area contributed by atoms with Gasteiger partial charge in [-0.05, 0) is 25.5 Å². The Balaban J connectivity index is 2.09. The summed E-state index contributed by atoms with van der Waals surface area (Å²) < 4.78 is 18.6. The molecule has 0 aliphatic carbocycles. The molecule has 0 atom stereocenters. The molecule has 0 saturated carbocycles. The minimum Gasteiger partial charge on any atom is -0.385 e. The van der Waals surface area contributed by atoms with Gasteiger partial charge in [0.1, 0.15) is 23.2 Å². The highest BCUT2D eigenvalue weighted by atomic mass is 19.1. The summed E-state index contributed by atoms with van der Waals surface area (Å²) >= 11 is 0. The number of aromatic nitrogens is 2. The van der Waals surface area contributed by atoms with Gasteiger partial charge in [0.25, 0.3) is 5.91 Å². The summed E-state index contributed by atoms with van der Waals surface area (Å²) in [6.45, 7) is 2.74. The molecule has 1 amide bonds. The Kier molecular flexibility index (Phi) is 5.99. The van der Waals surface area contributed by atoms with Crippen molar-refractivity contribution in [2.24, 2.45) is 0 Å². The number of nitrogens with one attached hydrogen (secondary N) is 2. The van der Waals surface area contributed by atoms with E-state index in [9.17, 15) is 9.18 Å². The summed E-state index contributed by atoms with van der Waals surface area (Å²) in [4.78, 5) is 20.4. The second kappa shape index (κ2) is 8.19. The predicted octanol–water partition coefficient (Wildman–Crippen LogP) is 2.43. The minimum absolute atomic E-state index is 0.230. The van der Waals surface area contributed by atoms with Gasteiger partial charge in [0, 0.05) is 26.3 Å². The van der Waals surface area contributed by atoms with Crippen molar-refractivity contribution in [1.82, 2.24) is 15.3 Å². The number of para-hydroxylation sites is 1. The minimum atomic E-state index is -0.394.